The molecule has 9 nitrogen and oxygen atoms in total. The summed E-state index contributed by atoms with van der Waals surface area (Å²) in [6, 6.07) is 18.3. The lowest BCUT2D eigenvalue weighted by atomic mass is 9.95. The number of thiazole rings is 1. The highest BCUT2D eigenvalue weighted by Crippen LogP contribution is 2.39. The molecule has 1 aliphatic rings. The first kappa shape index (κ1) is 28.7. The van der Waals surface area contributed by atoms with E-state index in [1.807, 2.05) is 0 Å². The second kappa shape index (κ2) is 11.4. The summed E-state index contributed by atoms with van der Waals surface area (Å²) in [5.74, 6) is -0.484. The fourth-order valence-corrected chi connectivity index (χ4v) is 6.30. The average Bonchev–Trinajstić information content (AvgIpc) is 3.55. The number of hydrogen-bond donors (Lipinski definition) is 2. The van der Waals surface area contributed by atoms with Crippen LogP contribution in [0.25, 0.3) is 27.5 Å². The van der Waals surface area contributed by atoms with Crippen LogP contribution in [0.3, 0.4) is 0 Å². The molecule has 1 fully saturated rings. The minimum absolute atomic E-state index is 0.0100. The number of sulfonamides is 1. The van der Waals surface area contributed by atoms with Crippen LogP contribution in [0, 0.1) is 11.7 Å². The molecule has 1 aliphatic carbocycles. The second-order valence-electron chi connectivity index (χ2n) is 10.4. The molecule has 5 aromatic rings. The smallest absolute Gasteiger partial charge is 0.355 e. The lowest BCUT2D eigenvalue weighted by Crippen LogP contribution is -2.12. The summed E-state index contributed by atoms with van der Waals surface area (Å²) in [7, 11) is -2.30. The molecule has 0 amide bonds. The first-order valence-corrected chi connectivity index (χ1v) is 15.9. The predicted molar refractivity (Wildman–Crippen MR) is 161 cm³/mol. The van der Waals surface area contributed by atoms with Crippen LogP contribution in [0.2, 0.25) is 0 Å². The number of primary sulfonamides is 1. The summed E-state index contributed by atoms with van der Waals surface area (Å²) < 4.78 is 45.9. The number of methoxy groups -OCH3 is 1. The topological polar surface area (TPSA) is 137 Å². The molecular weight excluding hydrogens is 591 g/mol. The quantitative estimate of drug-likeness (QED) is 0.205. The number of aromatic carboxylic acids is 1. The lowest BCUT2D eigenvalue weighted by molar-refractivity contribution is 0.0691. The maximum absolute atomic E-state index is 15.2. The van der Waals surface area contributed by atoms with Crippen molar-refractivity contribution in [2.75, 3.05) is 7.11 Å². The van der Waals surface area contributed by atoms with Crippen molar-refractivity contribution in [3.05, 3.63) is 100 Å². The van der Waals surface area contributed by atoms with Gasteiger partial charge in [-0.1, -0.05) is 24.3 Å². The summed E-state index contributed by atoms with van der Waals surface area (Å²) in [4.78, 5) is 16.0. The van der Waals surface area contributed by atoms with E-state index >= 15 is 4.39 Å². The van der Waals surface area contributed by atoms with Gasteiger partial charge in [0.1, 0.15) is 11.6 Å². The maximum Gasteiger partial charge on any atom is 0.355 e. The number of halogens is 1. The van der Waals surface area contributed by atoms with E-state index in [4.69, 9.17) is 15.0 Å². The fraction of sp³-hybridized carbons (Fsp3) is 0.194. The van der Waals surface area contributed by atoms with Crippen LogP contribution in [-0.4, -0.2) is 41.4 Å². The predicted octanol–water partition coefficient (Wildman–Crippen LogP) is 5.70. The highest BCUT2D eigenvalue weighted by molar-refractivity contribution is 7.89. The third-order valence-corrected chi connectivity index (χ3v) is 9.16. The molecule has 0 bridgehead atoms. The normalized spacial score (nSPS) is 13.3. The van der Waals surface area contributed by atoms with Crippen molar-refractivity contribution < 1.29 is 27.4 Å². The molecule has 3 aromatic carbocycles. The highest BCUT2D eigenvalue weighted by atomic mass is 32.2. The van der Waals surface area contributed by atoms with Crippen molar-refractivity contribution in [2.24, 2.45) is 11.1 Å². The Morgan fingerprint density at radius 2 is 1.88 bits per heavy atom. The standard InChI is InChI=1S/C31H27FN4O5S2/c1-41-22-4-2-3-20(15-22)24-16-21(9-12-26(24)32)29-25(13-18-7-10-23(11-8-18)43(33,39)40)28(14-19-5-6-19)36(35-29)31-34-27(17-42-31)30(37)38/h2-4,7-12,15-17,19H,5-6,13-14H2,1H3,(H,37,38)(H2,33,39,40). The molecule has 0 atom stereocenters. The van der Waals surface area contributed by atoms with Crippen LogP contribution in [0.1, 0.15) is 40.2 Å². The summed E-state index contributed by atoms with van der Waals surface area (Å²) in [5, 5.41) is 21.7. The number of carbonyl (C=O) groups is 1. The molecule has 43 heavy (non-hydrogen) atoms. The Morgan fingerprint density at radius 1 is 1.12 bits per heavy atom. The van der Waals surface area contributed by atoms with Crippen molar-refractivity contribution in [3.8, 4) is 33.3 Å². The van der Waals surface area contributed by atoms with E-state index in [0.29, 0.717) is 52.0 Å². The Labute approximate surface area is 251 Å². The third-order valence-electron chi connectivity index (χ3n) is 7.41. The van der Waals surface area contributed by atoms with Crippen LogP contribution in [0.5, 0.6) is 5.75 Å². The Kier molecular flexibility index (Phi) is 7.59. The van der Waals surface area contributed by atoms with E-state index < -0.39 is 21.8 Å². The van der Waals surface area contributed by atoms with Gasteiger partial charge in [-0.3, -0.25) is 0 Å². The Morgan fingerprint density at radius 3 is 2.53 bits per heavy atom. The number of rotatable bonds is 10. The van der Waals surface area contributed by atoms with Gasteiger partial charge < -0.3 is 9.84 Å². The third kappa shape index (κ3) is 6.07. The first-order valence-electron chi connectivity index (χ1n) is 13.5. The number of nitrogens with two attached hydrogens (primary N) is 1. The van der Waals surface area contributed by atoms with Crippen molar-refractivity contribution in [2.45, 2.75) is 30.6 Å². The first-order chi connectivity index (χ1) is 20.6. The number of benzene rings is 3. The highest BCUT2D eigenvalue weighted by Gasteiger charge is 2.29. The van der Waals surface area contributed by atoms with Crippen molar-refractivity contribution >= 4 is 27.3 Å². The molecule has 2 aromatic heterocycles. The van der Waals surface area contributed by atoms with E-state index in [9.17, 15) is 18.3 Å². The summed E-state index contributed by atoms with van der Waals surface area (Å²) in [6.07, 6.45) is 3.23. The van der Waals surface area contributed by atoms with Crippen molar-refractivity contribution in [3.63, 3.8) is 0 Å². The molecule has 220 valence electrons. The molecule has 6 rings (SSSR count). The average molecular weight is 619 g/mol. The number of aromatic nitrogens is 3. The SMILES string of the molecule is COc1cccc(-c2cc(-c3nn(-c4nc(C(=O)O)cs4)c(CC4CC4)c3Cc3ccc(S(N)(=O)=O)cc3)ccc2F)c1. The minimum Gasteiger partial charge on any atom is -0.497 e. The maximum atomic E-state index is 15.2. The number of nitrogens with zero attached hydrogens (tertiary/aromatic N) is 3. The van der Waals surface area contributed by atoms with Crippen LogP contribution in [0.15, 0.2) is 77.0 Å². The van der Waals surface area contributed by atoms with Gasteiger partial charge in [0.15, 0.2) is 5.69 Å². The van der Waals surface area contributed by atoms with Gasteiger partial charge in [0.05, 0.1) is 23.4 Å². The van der Waals surface area contributed by atoms with Crippen LogP contribution in [0.4, 0.5) is 4.39 Å². The molecular formula is C31H27FN4O5S2. The van der Waals surface area contributed by atoms with Crippen LogP contribution in [-0.2, 0) is 22.9 Å². The van der Waals surface area contributed by atoms with Crippen molar-refractivity contribution in [1.29, 1.82) is 0 Å². The van der Waals surface area contributed by atoms with Gasteiger partial charge >= 0.3 is 5.97 Å². The molecule has 1 saturated carbocycles. The number of ether oxygens (including phenoxy) is 1. The fourth-order valence-electron chi connectivity index (χ4n) is 5.01. The monoisotopic (exact) mass is 618 g/mol. The molecule has 0 saturated heterocycles. The van der Waals surface area contributed by atoms with Gasteiger partial charge in [0, 0.05) is 28.5 Å². The number of carboxylic acid groups (broad SMARTS) is 1. The van der Waals surface area contributed by atoms with Gasteiger partial charge in [-0.2, -0.15) is 5.10 Å². The van der Waals surface area contributed by atoms with E-state index in [2.05, 4.69) is 4.98 Å². The summed E-state index contributed by atoms with van der Waals surface area (Å²) in [6.45, 7) is 0. The Bertz CT molecular complexity index is 1950. The lowest BCUT2D eigenvalue weighted by Gasteiger charge is -2.11. The Hall–Kier alpha value is -4.39. The largest absolute Gasteiger partial charge is 0.497 e. The second-order valence-corrected chi connectivity index (χ2v) is 12.8. The molecule has 0 unspecified atom stereocenters. The Balaban J connectivity index is 1.53. The van der Waals surface area contributed by atoms with Gasteiger partial charge in [-0.25, -0.2) is 32.4 Å². The summed E-state index contributed by atoms with van der Waals surface area (Å²) in [5.41, 5.74) is 4.78. The van der Waals surface area contributed by atoms with E-state index in [-0.39, 0.29) is 10.6 Å². The molecule has 12 heteroatoms. The van der Waals surface area contributed by atoms with Crippen molar-refractivity contribution in [1.82, 2.24) is 14.8 Å². The van der Waals surface area contributed by atoms with E-state index in [0.717, 1.165) is 29.7 Å². The van der Waals surface area contributed by atoms with E-state index in [1.165, 1.54) is 34.9 Å². The van der Waals surface area contributed by atoms with Gasteiger partial charge in [0.25, 0.3) is 0 Å². The molecule has 2 heterocycles. The zero-order valence-corrected chi connectivity index (χ0v) is 24.7. The van der Waals surface area contributed by atoms with Gasteiger partial charge in [-0.05, 0) is 78.8 Å². The molecule has 0 radical (unpaired) electrons. The van der Waals surface area contributed by atoms with Crippen LogP contribution < -0.4 is 9.88 Å². The number of hydrogen-bond acceptors (Lipinski definition) is 7. The molecule has 0 aliphatic heterocycles. The minimum atomic E-state index is -3.85. The number of carboxylic acids is 1. The van der Waals surface area contributed by atoms with Crippen LogP contribution >= 0.6 is 11.3 Å². The zero-order chi connectivity index (χ0) is 30.3. The van der Waals surface area contributed by atoms with Gasteiger partial charge in [0.2, 0.25) is 15.2 Å². The molecule has 0 spiro atoms. The zero-order valence-electron chi connectivity index (χ0n) is 23.0. The molecule has 3 N–H and O–H groups in total. The van der Waals surface area contributed by atoms with Gasteiger partial charge in [-0.15, -0.1) is 11.3 Å². The summed E-state index contributed by atoms with van der Waals surface area (Å²) >= 11 is 1.18. The van der Waals surface area contributed by atoms with E-state index in [1.54, 1.807) is 60.3 Å².